The molecule has 0 bridgehead atoms. The molecule has 0 unspecified atom stereocenters. The van der Waals surface area contributed by atoms with Crippen molar-refractivity contribution in [2.75, 3.05) is 13.4 Å². The van der Waals surface area contributed by atoms with E-state index in [1.807, 2.05) is 0 Å². The van der Waals surface area contributed by atoms with Crippen LogP contribution in [0.2, 0.25) is 0 Å². The topological polar surface area (TPSA) is 82.4 Å². The molecule has 0 aliphatic rings. The maximum atomic E-state index is 14.0. The predicted octanol–water partition coefficient (Wildman–Crippen LogP) is 1.17. The van der Waals surface area contributed by atoms with E-state index in [0.29, 0.717) is 0 Å². The number of benzene rings is 1. The Kier molecular flexibility index (Phi) is 4.14. The molecule has 0 N–H and O–H groups in total. The second-order valence-electron chi connectivity index (χ2n) is 4.50. The van der Waals surface area contributed by atoms with Gasteiger partial charge >= 0.3 is 5.97 Å². The van der Waals surface area contributed by atoms with Crippen molar-refractivity contribution in [3.63, 3.8) is 0 Å². The Labute approximate surface area is 125 Å². The smallest absolute Gasteiger partial charge is 0.340 e. The van der Waals surface area contributed by atoms with Gasteiger partial charge in [-0.05, 0) is 6.07 Å². The first-order valence-corrected chi connectivity index (χ1v) is 7.94. The highest BCUT2D eigenvalue weighted by Gasteiger charge is 2.22. The molecule has 116 valence electrons. The zero-order valence-corrected chi connectivity index (χ0v) is 12.6. The van der Waals surface area contributed by atoms with E-state index in [-0.39, 0.29) is 16.0 Å². The third kappa shape index (κ3) is 3.06. The van der Waals surface area contributed by atoms with Crippen LogP contribution in [-0.4, -0.2) is 32.3 Å². The number of ether oxygens (including phenoxy) is 1. The van der Waals surface area contributed by atoms with Crippen LogP contribution in [-0.2, 0) is 14.6 Å². The minimum Gasteiger partial charge on any atom is -0.465 e. The van der Waals surface area contributed by atoms with Crippen LogP contribution in [0.3, 0.4) is 0 Å². The molecule has 22 heavy (non-hydrogen) atoms. The van der Waals surface area contributed by atoms with E-state index in [9.17, 15) is 22.4 Å². The van der Waals surface area contributed by atoms with Gasteiger partial charge in [-0.25, -0.2) is 17.6 Å². The summed E-state index contributed by atoms with van der Waals surface area (Å²) >= 11 is 0. The van der Waals surface area contributed by atoms with Gasteiger partial charge in [-0.15, -0.1) is 0 Å². The maximum Gasteiger partial charge on any atom is 0.340 e. The first-order chi connectivity index (χ1) is 10.2. The van der Waals surface area contributed by atoms with E-state index in [0.717, 1.165) is 25.5 Å². The van der Waals surface area contributed by atoms with Crippen LogP contribution in [0.4, 0.5) is 4.39 Å². The van der Waals surface area contributed by atoms with Crippen molar-refractivity contribution in [2.24, 2.45) is 0 Å². The molecule has 0 atom stereocenters. The van der Waals surface area contributed by atoms with E-state index in [4.69, 9.17) is 0 Å². The molecule has 2 aromatic rings. The number of halogens is 1. The average molecular weight is 325 g/mol. The fourth-order valence-corrected chi connectivity index (χ4v) is 2.76. The van der Waals surface area contributed by atoms with Gasteiger partial charge in [0.25, 0.3) is 0 Å². The Bertz CT molecular complexity index is 881. The second kappa shape index (κ2) is 5.72. The average Bonchev–Trinajstić information content (AvgIpc) is 2.45. The lowest BCUT2D eigenvalue weighted by Crippen LogP contribution is -2.12. The molecule has 0 saturated carbocycles. The molecule has 0 fully saturated rings. The number of pyridine rings is 1. The lowest BCUT2D eigenvalue weighted by molar-refractivity contribution is 0.0595. The Morgan fingerprint density at radius 1 is 1.23 bits per heavy atom. The normalized spacial score (nSPS) is 11.2. The monoisotopic (exact) mass is 325 g/mol. The van der Waals surface area contributed by atoms with Crippen molar-refractivity contribution < 1.29 is 22.3 Å². The molecule has 0 amide bonds. The standard InChI is InChI=1S/C14H12FNO5S/c1-21-14(18)10-7-13(22(2,19)20)12(8-11(10)15)16-5-3-9(17)4-6-16/h3-8H,1-2H3. The third-order valence-corrected chi connectivity index (χ3v) is 4.06. The predicted molar refractivity (Wildman–Crippen MR) is 76.4 cm³/mol. The van der Waals surface area contributed by atoms with Gasteiger partial charge in [0.1, 0.15) is 5.82 Å². The van der Waals surface area contributed by atoms with Crippen molar-refractivity contribution in [2.45, 2.75) is 4.90 Å². The van der Waals surface area contributed by atoms with Gasteiger partial charge in [-0.3, -0.25) is 4.79 Å². The van der Waals surface area contributed by atoms with Gasteiger partial charge in [0.2, 0.25) is 0 Å². The summed E-state index contributed by atoms with van der Waals surface area (Å²) in [6, 6.07) is 4.24. The van der Waals surface area contributed by atoms with Gasteiger partial charge in [-0.2, -0.15) is 0 Å². The number of aromatic nitrogens is 1. The molecule has 1 aromatic carbocycles. The molecule has 8 heteroatoms. The van der Waals surface area contributed by atoms with Crippen LogP contribution >= 0.6 is 0 Å². The Hall–Kier alpha value is -2.48. The summed E-state index contributed by atoms with van der Waals surface area (Å²) in [7, 11) is -2.68. The van der Waals surface area contributed by atoms with Gasteiger partial charge in [-0.1, -0.05) is 0 Å². The Balaban J connectivity index is 2.78. The van der Waals surface area contributed by atoms with Gasteiger partial charge < -0.3 is 9.30 Å². The molecule has 1 aromatic heterocycles. The van der Waals surface area contributed by atoms with E-state index in [1.54, 1.807) is 0 Å². The molecule has 0 radical (unpaired) electrons. The minimum absolute atomic E-state index is 0.00680. The third-order valence-electron chi connectivity index (χ3n) is 2.93. The summed E-state index contributed by atoms with van der Waals surface area (Å²) < 4.78 is 43.6. The molecule has 0 aliphatic heterocycles. The van der Waals surface area contributed by atoms with E-state index < -0.39 is 27.2 Å². The molecule has 1 heterocycles. The van der Waals surface area contributed by atoms with Crippen molar-refractivity contribution in [3.05, 3.63) is 58.3 Å². The number of carbonyl (C=O) groups is 1. The molecule has 0 aliphatic carbocycles. The number of hydrogen-bond donors (Lipinski definition) is 0. The maximum absolute atomic E-state index is 14.0. The van der Waals surface area contributed by atoms with E-state index >= 15 is 0 Å². The second-order valence-corrected chi connectivity index (χ2v) is 6.49. The molecule has 0 saturated heterocycles. The number of rotatable bonds is 3. The van der Waals surface area contributed by atoms with E-state index in [1.165, 1.54) is 29.1 Å². The summed E-state index contributed by atoms with van der Waals surface area (Å²) in [6.45, 7) is 0. The number of sulfone groups is 1. The SMILES string of the molecule is COC(=O)c1cc(S(C)(=O)=O)c(-n2ccc(=O)cc2)cc1F. The van der Waals surface area contributed by atoms with Crippen molar-refractivity contribution in [1.82, 2.24) is 4.57 Å². The highest BCUT2D eigenvalue weighted by molar-refractivity contribution is 7.90. The molecule has 6 nitrogen and oxygen atoms in total. The quantitative estimate of drug-likeness (QED) is 0.625. The summed E-state index contributed by atoms with van der Waals surface area (Å²) in [4.78, 5) is 22.4. The van der Waals surface area contributed by atoms with Crippen LogP contribution in [0.25, 0.3) is 5.69 Å². The van der Waals surface area contributed by atoms with Gasteiger partial charge in [0.15, 0.2) is 15.3 Å². The minimum atomic E-state index is -3.75. The summed E-state index contributed by atoms with van der Waals surface area (Å²) in [6.07, 6.45) is 3.56. The zero-order valence-electron chi connectivity index (χ0n) is 11.7. The van der Waals surface area contributed by atoms with E-state index in [2.05, 4.69) is 4.74 Å². The number of esters is 1. The first-order valence-electron chi connectivity index (χ1n) is 6.04. The highest BCUT2D eigenvalue weighted by atomic mass is 32.2. The van der Waals surface area contributed by atoms with Gasteiger partial charge in [0, 0.05) is 36.8 Å². The number of nitrogens with zero attached hydrogens (tertiary/aromatic N) is 1. The fraction of sp³-hybridized carbons (Fsp3) is 0.143. The van der Waals surface area contributed by atoms with Crippen LogP contribution in [0.15, 0.2) is 46.3 Å². The Morgan fingerprint density at radius 3 is 2.32 bits per heavy atom. The highest BCUT2D eigenvalue weighted by Crippen LogP contribution is 2.24. The van der Waals surface area contributed by atoms with Crippen molar-refractivity contribution >= 4 is 15.8 Å². The molecule has 2 rings (SSSR count). The molecule has 0 spiro atoms. The van der Waals surface area contributed by atoms with Gasteiger partial charge in [0.05, 0.1) is 23.3 Å². The summed E-state index contributed by atoms with van der Waals surface area (Å²) in [5, 5.41) is 0. The number of methoxy groups -OCH3 is 1. The lowest BCUT2D eigenvalue weighted by atomic mass is 10.2. The van der Waals surface area contributed by atoms with Crippen LogP contribution in [0, 0.1) is 5.82 Å². The van der Waals surface area contributed by atoms with Crippen LogP contribution in [0.5, 0.6) is 0 Å². The molecular weight excluding hydrogens is 313 g/mol. The molecular formula is C14H12FNO5S. The van der Waals surface area contributed by atoms with Crippen molar-refractivity contribution in [3.8, 4) is 5.69 Å². The van der Waals surface area contributed by atoms with Crippen LogP contribution in [0.1, 0.15) is 10.4 Å². The lowest BCUT2D eigenvalue weighted by Gasteiger charge is -2.13. The first kappa shape index (κ1) is 15.9. The summed E-state index contributed by atoms with van der Waals surface area (Å²) in [5.41, 5.74) is -0.760. The number of hydrogen-bond acceptors (Lipinski definition) is 5. The Morgan fingerprint density at radius 2 is 1.82 bits per heavy atom. The zero-order chi connectivity index (χ0) is 16.5. The largest absolute Gasteiger partial charge is 0.465 e. The summed E-state index contributed by atoms with van der Waals surface area (Å²) in [5.74, 6) is -1.90. The fourth-order valence-electron chi connectivity index (χ4n) is 1.88. The number of carbonyl (C=O) groups excluding carboxylic acids is 1. The van der Waals surface area contributed by atoms with Crippen LogP contribution < -0.4 is 5.43 Å². The van der Waals surface area contributed by atoms with Crippen molar-refractivity contribution in [1.29, 1.82) is 0 Å².